The second-order valence-corrected chi connectivity index (χ2v) is 4.43. The number of halogens is 3. The SMILES string of the molecule is CNCC1CCCCN1CC(C#N)C(F)(F)F. The quantitative estimate of drug-likeness (QED) is 0.825. The van der Waals surface area contributed by atoms with E-state index in [0.717, 1.165) is 19.3 Å². The number of nitrogens with one attached hydrogen (secondary N) is 1. The van der Waals surface area contributed by atoms with Crippen molar-refractivity contribution in [3.8, 4) is 6.07 Å². The number of alkyl halides is 3. The molecule has 6 heteroatoms. The fourth-order valence-corrected chi connectivity index (χ4v) is 2.22. The Labute approximate surface area is 99.6 Å². The third-order valence-electron chi connectivity index (χ3n) is 3.16. The second kappa shape index (κ2) is 6.22. The van der Waals surface area contributed by atoms with Crippen LogP contribution in [0.1, 0.15) is 19.3 Å². The molecule has 0 radical (unpaired) electrons. The third-order valence-corrected chi connectivity index (χ3v) is 3.16. The predicted molar refractivity (Wildman–Crippen MR) is 58.3 cm³/mol. The molecule has 3 nitrogen and oxygen atoms in total. The Bertz CT molecular complexity index is 270. The van der Waals surface area contributed by atoms with Crippen LogP contribution in [0.3, 0.4) is 0 Å². The van der Waals surface area contributed by atoms with Crippen molar-refractivity contribution >= 4 is 0 Å². The summed E-state index contributed by atoms with van der Waals surface area (Å²) in [5.74, 6) is -1.88. The molecule has 1 saturated heterocycles. The van der Waals surface area contributed by atoms with Crippen LogP contribution >= 0.6 is 0 Å². The van der Waals surface area contributed by atoms with Gasteiger partial charge in [0, 0.05) is 19.1 Å². The molecule has 2 atom stereocenters. The first-order valence-electron chi connectivity index (χ1n) is 5.84. The molecule has 1 aliphatic rings. The number of likely N-dealkylation sites (tertiary alicyclic amines) is 1. The Morgan fingerprint density at radius 2 is 2.18 bits per heavy atom. The molecule has 0 aromatic heterocycles. The van der Waals surface area contributed by atoms with E-state index in [9.17, 15) is 13.2 Å². The molecule has 1 fully saturated rings. The highest BCUT2D eigenvalue weighted by Gasteiger charge is 2.41. The van der Waals surface area contributed by atoms with Crippen molar-refractivity contribution in [3.63, 3.8) is 0 Å². The number of hydrogen-bond acceptors (Lipinski definition) is 3. The fourth-order valence-electron chi connectivity index (χ4n) is 2.22. The number of likely N-dealkylation sites (N-methyl/N-ethyl adjacent to an activating group) is 1. The molecule has 1 rings (SSSR count). The molecule has 1 N–H and O–H groups in total. The third kappa shape index (κ3) is 4.17. The summed E-state index contributed by atoms with van der Waals surface area (Å²) in [5, 5.41) is 11.6. The fraction of sp³-hybridized carbons (Fsp3) is 0.909. The minimum Gasteiger partial charge on any atom is -0.318 e. The van der Waals surface area contributed by atoms with Crippen LogP contribution in [0, 0.1) is 17.2 Å². The minimum absolute atomic E-state index is 0.118. The van der Waals surface area contributed by atoms with Gasteiger partial charge in [0.2, 0.25) is 0 Å². The van der Waals surface area contributed by atoms with Gasteiger partial charge in [-0.15, -0.1) is 0 Å². The Morgan fingerprint density at radius 3 is 2.71 bits per heavy atom. The van der Waals surface area contributed by atoms with Gasteiger partial charge in [-0.3, -0.25) is 4.90 Å². The lowest BCUT2D eigenvalue weighted by Crippen LogP contribution is -2.48. The van der Waals surface area contributed by atoms with E-state index < -0.39 is 12.1 Å². The lowest BCUT2D eigenvalue weighted by Gasteiger charge is -2.36. The van der Waals surface area contributed by atoms with Crippen LogP contribution in [0.15, 0.2) is 0 Å². The van der Waals surface area contributed by atoms with Crippen molar-refractivity contribution in [2.75, 3.05) is 26.7 Å². The molecule has 0 aromatic rings. The van der Waals surface area contributed by atoms with E-state index in [2.05, 4.69) is 5.32 Å². The molecule has 98 valence electrons. The smallest absolute Gasteiger partial charge is 0.318 e. The van der Waals surface area contributed by atoms with E-state index in [1.54, 1.807) is 11.9 Å². The van der Waals surface area contributed by atoms with Crippen molar-refractivity contribution in [1.82, 2.24) is 10.2 Å². The largest absolute Gasteiger partial charge is 0.405 e. The summed E-state index contributed by atoms with van der Waals surface area (Å²) in [7, 11) is 1.79. The number of nitrogens with zero attached hydrogens (tertiary/aromatic N) is 2. The molecule has 1 aliphatic heterocycles. The summed E-state index contributed by atoms with van der Waals surface area (Å²) < 4.78 is 37.6. The molecule has 0 aromatic carbocycles. The summed E-state index contributed by atoms with van der Waals surface area (Å²) in [4.78, 5) is 1.79. The molecule has 17 heavy (non-hydrogen) atoms. The summed E-state index contributed by atoms with van der Waals surface area (Å²) in [6.45, 7) is 1.13. The number of rotatable bonds is 4. The van der Waals surface area contributed by atoms with Gasteiger partial charge in [0.15, 0.2) is 5.92 Å². The van der Waals surface area contributed by atoms with Crippen LogP contribution in [-0.2, 0) is 0 Å². The van der Waals surface area contributed by atoms with Crippen molar-refractivity contribution in [3.05, 3.63) is 0 Å². The second-order valence-electron chi connectivity index (χ2n) is 4.43. The Hall–Kier alpha value is -0.800. The molecule has 0 aliphatic carbocycles. The van der Waals surface area contributed by atoms with Gasteiger partial charge in [-0.2, -0.15) is 18.4 Å². The van der Waals surface area contributed by atoms with Crippen molar-refractivity contribution < 1.29 is 13.2 Å². The van der Waals surface area contributed by atoms with Gasteiger partial charge in [-0.05, 0) is 26.4 Å². The summed E-state index contributed by atoms with van der Waals surface area (Å²) >= 11 is 0. The summed E-state index contributed by atoms with van der Waals surface area (Å²) in [5.41, 5.74) is 0. The van der Waals surface area contributed by atoms with E-state index >= 15 is 0 Å². The maximum Gasteiger partial charge on any atom is 0.405 e. The molecule has 2 unspecified atom stereocenters. The van der Waals surface area contributed by atoms with Crippen LogP contribution in [0.4, 0.5) is 13.2 Å². The van der Waals surface area contributed by atoms with E-state index in [1.165, 1.54) is 6.07 Å². The zero-order chi connectivity index (χ0) is 12.9. The van der Waals surface area contributed by atoms with Crippen LogP contribution in [0.5, 0.6) is 0 Å². The molecule has 0 bridgehead atoms. The first kappa shape index (κ1) is 14.3. The van der Waals surface area contributed by atoms with Gasteiger partial charge in [-0.25, -0.2) is 0 Å². The van der Waals surface area contributed by atoms with Gasteiger partial charge in [0.25, 0.3) is 0 Å². The highest BCUT2D eigenvalue weighted by atomic mass is 19.4. The molecular formula is C11H18F3N3. The van der Waals surface area contributed by atoms with Crippen LogP contribution in [-0.4, -0.2) is 43.8 Å². The molecular weight excluding hydrogens is 231 g/mol. The standard InChI is InChI=1S/C11H18F3N3/c1-16-7-10-4-2-3-5-17(10)8-9(6-15)11(12,13)14/h9-10,16H,2-5,7-8H2,1H3. The van der Waals surface area contributed by atoms with Gasteiger partial charge in [-0.1, -0.05) is 6.42 Å². The molecule has 0 amide bonds. The normalized spacial score (nSPS) is 24.3. The van der Waals surface area contributed by atoms with Gasteiger partial charge >= 0.3 is 6.18 Å². The maximum absolute atomic E-state index is 12.5. The maximum atomic E-state index is 12.5. The topological polar surface area (TPSA) is 39.1 Å². The average Bonchev–Trinajstić information content (AvgIpc) is 2.26. The van der Waals surface area contributed by atoms with Crippen molar-refractivity contribution in [1.29, 1.82) is 5.26 Å². The molecule has 0 spiro atoms. The first-order valence-corrected chi connectivity index (χ1v) is 5.84. The Morgan fingerprint density at radius 1 is 1.47 bits per heavy atom. The lowest BCUT2D eigenvalue weighted by molar-refractivity contribution is -0.165. The number of hydrogen-bond donors (Lipinski definition) is 1. The van der Waals surface area contributed by atoms with Gasteiger partial charge in [0.05, 0.1) is 6.07 Å². The van der Waals surface area contributed by atoms with Crippen LogP contribution in [0.25, 0.3) is 0 Å². The predicted octanol–water partition coefficient (Wildman–Crippen LogP) is 1.76. The monoisotopic (exact) mass is 249 g/mol. The Kier molecular flexibility index (Phi) is 5.22. The van der Waals surface area contributed by atoms with E-state index in [4.69, 9.17) is 5.26 Å². The highest BCUT2D eigenvalue weighted by Crippen LogP contribution is 2.28. The molecule has 0 saturated carbocycles. The molecule has 1 heterocycles. The number of piperidine rings is 1. The van der Waals surface area contributed by atoms with Gasteiger partial charge in [0.1, 0.15) is 0 Å². The van der Waals surface area contributed by atoms with Gasteiger partial charge < -0.3 is 5.32 Å². The average molecular weight is 249 g/mol. The van der Waals surface area contributed by atoms with E-state index in [1.807, 2.05) is 0 Å². The van der Waals surface area contributed by atoms with E-state index in [-0.39, 0.29) is 12.6 Å². The van der Waals surface area contributed by atoms with Crippen molar-refractivity contribution in [2.45, 2.75) is 31.5 Å². The van der Waals surface area contributed by atoms with Crippen LogP contribution in [0.2, 0.25) is 0 Å². The minimum atomic E-state index is -4.42. The lowest BCUT2D eigenvalue weighted by atomic mass is 10.00. The van der Waals surface area contributed by atoms with E-state index in [0.29, 0.717) is 13.1 Å². The number of nitriles is 1. The van der Waals surface area contributed by atoms with Crippen molar-refractivity contribution in [2.24, 2.45) is 5.92 Å². The first-order chi connectivity index (χ1) is 7.99. The summed E-state index contributed by atoms with van der Waals surface area (Å²) in [6, 6.07) is 1.48. The van der Waals surface area contributed by atoms with Crippen LogP contribution < -0.4 is 5.32 Å². The highest BCUT2D eigenvalue weighted by molar-refractivity contribution is 4.92. The zero-order valence-electron chi connectivity index (χ0n) is 9.93. The summed E-state index contributed by atoms with van der Waals surface area (Å²) in [6.07, 6.45) is -1.56. The Balaban J connectivity index is 2.60. The zero-order valence-corrected chi connectivity index (χ0v) is 9.93.